The Balaban J connectivity index is 1.13. The molecule has 2 aromatic heterocycles. The Morgan fingerprint density at radius 1 is 1.00 bits per heavy atom. The van der Waals surface area contributed by atoms with Gasteiger partial charge in [-0.1, -0.05) is 17.7 Å². The van der Waals surface area contributed by atoms with Gasteiger partial charge in [-0.3, -0.25) is 14.6 Å². The summed E-state index contributed by atoms with van der Waals surface area (Å²) in [5, 5.41) is 4.32. The first kappa shape index (κ1) is 23.3. The van der Waals surface area contributed by atoms with Gasteiger partial charge in [-0.25, -0.2) is 0 Å². The maximum absolute atomic E-state index is 13.2. The molecule has 0 unspecified atom stereocenters. The van der Waals surface area contributed by atoms with Gasteiger partial charge >= 0.3 is 0 Å². The van der Waals surface area contributed by atoms with Gasteiger partial charge in [0.15, 0.2) is 0 Å². The van der Waals surface area contributed by atoms with Crippen LogP contribution in [0.1, 0.15) is 50.4 Å². The molecular formula is C30H31N5O2. The summed E-state index contributed by atoms with van der Waals surface area (Å²) < 4.78 is 0. The molecule has 6 rings (SSSR count). The van der Waals surface area contributed by atoms with Crippen molar-refractivity contribution in [3.63, 3.8) is 0 Å². The maximum atomic E-state index is 13.2. The Kier molecular flexibility index (Phi) is 6.12. The average molecular weight is 494 g/mol. The van der Waals surface area contributed by atoms with E-state index in [1.54, 1.807) is 24.5 Å². The van der Waals surface area contributed by atoms with E-state index in [1.165, 1.54) is 22.5 Å². The lowest BCUT2D eigenvalue weighted by atomic mass is 10.0. The van der Waals surface area contributed by atoms with E-state index in [-0.39, 0.29) is 17.9 Å². The molecule has 2 aliphatic rings. The first-order chi connectivity index (χ1) is 18.0. The quantitative estimate of drug-likeness (QED) is 0.440. The number of likely N-dealkylation sites (tertiary alicyclic amines) is 1. The number of aromatic amines is 1. The number of benzene rings is 2. The van der Waals surface area contributed by atoms with Crippen molar-refractivity contribution in [3.05, 3.63) is 94.9 Å². The Morgan fingerprint density at radius 2 is 1.81 bits per heavy atom. The molecule has 4 heterocycles. The summed E-state index contributed by atoms with van der Waals surface area (Å²) in [6.45, 7) is 5.15. The van der Waals surface area contributed by atoms with Crippen molar-refractivity contribution in [2.24, 2.45) is 0 Å². The molecule has 4 aromatic rings. The number of carbonyl (C=O) groups excluding carboxylic acids is 2. The molecule has 0 atom stereocenters. The van der Waals surface area contributed by atoms with Crippen molar-refractivity contribution in [1.82, 2.24) is 20.2 Å². The minimum absolute atomic E-state index is 0.000223. The second kappa shape index (κ2) is 9.73. The number of aromatic nitrogens is 2. The zero-order valence-electron chi connectivity index (χ0n) is 21.0. The Labute approximate surface area is 216 Å². The number of hydrogen-bond acceptors (Lipinski definition) is 4. The van der Waals surface area contributed by atoms with Crippen molar-refractivity contribution >= 4 is 28.4 Å². The van der Waals surface area contributed by atoms with E-state index in [1.807, 2.05) is 23.1 Å². The number of hydrogen-bond donors (Lipinski definition) is 2. The fourth-order valence-electron chi connectivity index (χ4n) is 5.50. The maximum Gasteiger partial charge on any atom is 0.255 e. The van der Waals surface area contributed by atoms with Crippen molar-refractivity contribution in [2.45, 2.75) is 38.8 Å². The second-order valence-corrected chi connectivity index (χ2v) is 10.1. The minimum Gasteiger partial charge on any atom is -0.367 e. The molecule has 2 amide bonds. The number of anilines is 1. The zero-order valence-corrected chi connectivity index (χ0v) is 21.0. The van der Waals surface area contributed by atoms with Gasteiger partial charge in [0.05, 0.1) is 5.56 Å². The Bertz CT molecular complexity index is 1440. The van der Waals surface area contributed by atoms with Crippen LogP contribution in [0, 0.1) is 6.92 Å². The summed E-state index contributed by atoms with van der Waals surface area (Å²) in [7, 11) is 0. The number of H-pyrrole nitrogens is 1. The standard InChI is InChI=1S/C30H31N5O2/c1-20-4-7-24(8-5-20)35-16-12-28-26(19-35)25-17-21(6-9-27(25)33-28)29(36)32-23-10-14-34(15-11-23)30(37)22-3-2-13-31-18-22/h2-9,13,17-18,23,33H,10-12,14-16,19H2,1H3,(H,32,36). The molecule has 0 bridgehead atoms. The van der Waals surface area contributed by atoms with Crippen molar-refractivity contribution in [2.75, 3.05) is 24.5 Å². The lowest BCUT2D eigenvalue weighted by molar-refractivity contribution is 0.0697. The topological polar surface area (TPSA) is 81.3 Å². The molecule has 2 N–H and O–H groups in total. The molecule has 1 saturated heterocycles. The molecule has 2 aromatic carbocycles. The molecule has 37 heavy (non-hydrogen) atoms. The fraction of sp³-hybridized carbons (Fsp3) is 0.300. The highest BCUT2D eigenvalue weighted by molar-refractivity contribution is 5.99. The van der Waals surface area contributed by atoms with Crippen LogP contribution < -0.4 is 10.2 Å². The minimum atomic E-state index is -0.0555. The number of nitrogens with zero attached hydrogens (tertiary/aromatic N) is 3. The van der Waals surface area contributed by atoms with Gasteiger partial charge in [-0.15, -0.1) is 0 Å². The number of nitrogens with one attached hydrogen (secondary N) is 2. The smallest absolute Gasteiger partial charge is 0.255 e. The number of fused-ring (bicyclic) bond motifs is 3. The van der Waals surface area contributed by atoms with Gasteiger partial charge in [0.25, 0.3) is 11.8 Å². The van der Waals surface area contributed by atoms with Gasteiger partial charge in [-0.05, 0) is 62.2 Å². The third kappa shape index (κ3) is 4.69. The highest BCUT2D eigenvalue weighted by Gasteiger charge is 2.26. The summed E-state index contributed by atoms with van der Waals surface area (Å²) in [5.74, 6) is -0.0553. The van der Waals surface area contributed by atoms with Gasteiger partial charge in [-0.2, -0.15) is 0 Å². The Hall–Kier alpha value is -4.13. The van der Waals surface area contributed by atoms with Gasteiger partial charge < -0.3 is 20.1 Å². The molecule has 0 spiro atoms. The summed E-state index contributed by atoms with van der Waals surface area (Å²) in [6, 6.07) is 18.2. The van der Waals surface area contributed by atoms with E-state index in [4.69, 9.17) is 0 Å². The van der Waals surface area contributed by atoms with E-state index >= 15 is 0 Å². The van der Waals surface area contributed by atoms with Crippen LogP contribution in [0.5, 0.6) is 0 Å². The molecule has 0 radical (unpaired) electrons. The molecule has 2 aliphatic heterocycles. The van der Waals surface area contributed by atoms with E-state index in [9.17, 15) is 9.59 Å². The average Bonchev–Trinajstić information content (AvgIpc) is 3.31. The molecule has 0 saturated carbocycles. The summed E-state index contributed by atoms with van der Waals surface area (Å²) in [4.78, 5) is 37.7. The number of amides is 2. The summed E-state index contributed by atoms with van der Waals surface area (Å²) >= 11 is 0. The first-order valence-electron chi connectivity index (χ1n) is 13.0. The molecule has 0 aliphatic carbocycles. The number of piperidine rings is 1. The van der Waals surface area contributed by atoms with Crippen molar-refractivity contribution in [1.29, 1.82) is 0 Å². The number of aryl methyl sites for hydroxylation is 1. The SMILES string of the molecule is Cc1ccc(N2CCc3[nH]c4ccc(C(=O)NC5CCN(C(=O)c6cccnc6)CC5)cc4c3C2)cc1. The predicted octanol–water partition coefficient (Wildman–Crippen LogP) is 4.47. The van der Waals surface area contributed by atoms with Crippen LogP contribution in [0.25, 0.3) is 10.9 Å². The van der Waals surface area contributed by atoms with Gasteiger partial charge in [0.1, 0.15) is 0 Å². The first-order valence-corrected chi connectivity index (χ1v) is 13.0. The normalized spacial score (nSPS) is 16.0. The Morgan fingerprint density at radius 3 is 2.57 bits per heavy atom. The van der Waals surface area contributed by atoms with Crippen LogP contribution >= 0.6 is 0 Å². The molecule has 7 nitrogen and oxygen atoms in total. The monoisotopic (exact) mass is 493 g/mol. The zero-order chi connectivity index (χ0) is 25.4. The van der Waals surface area contributed by atoms with Gasteiger partial charge in [0, 0.05) is 84.4 Å². The van der Waals surface area contributed by atoms with Crippen molar-refractivity contribution in [3.8, 4) is 0 Å². The lowest BCUT2D eigenvalue weighted by Crippen LogP contribution is -2.46. The predicted molar refractivity (Wildman–Crippen MR) is 145 cm³/mol. The summed E-state index contributed by atoms with van der Waals surface area (Å²) in [5.41, 5.74) is 7.39. The number of rotatable bonds is 4. The summed E-state index contributed by atoms with van der Waals surface area (Å²) in [6.07, 6.45) is 5.71. The fourth-order valence-corrected chi connectivity index (χ4v) is 5.50. The van der Waals surface area contributed by atoms with E-state index < -0.39 is 0 Å². The third-order valence-electron chi connectivity index (χ3n) is 7.66. The van der Waals surface area contributed by atoms with Crippen LogP contribution in [0.3, 0.4) is 0 Å². The number of carbonyl (C=O) groups is 2. The van der Waals surface area contributed by atoms with E-state index in [0.29, 0.717) is 24.2 Å². The van der Waals surface area contributed by atoms with Crippen molar-refractivity contribution < 1.29 is 9.59 Å². The number of pyridine rings is 1. The van der Waals surface area contributed by atoms with Crippen LogP contribution in [-0.4, -0.2) is 52.4 Å². The van der Waals surface area contributed by atoms with Crippen LogP contribution in [0.4, 0.5) is 5.69 Å². The largest absolute Gasteiger partial charge is 0.367 e. The molecular weight excluding hydrogens is 462 g/mol. The third-order valence-corrected chi connectivity index (χ3v) is 7.66. The van der Waals surface area contributed by atoms with Gasteiger partial charge in [0.2, 0.25) is 0 Å². The van der Waals surface area contributed by atoms with E-state index in [0.717, 1.165) is 43.3 Å². The van der Waals surface area contributed by atoms with E-state index in [2.05, 4.69) is 51.4 Å². The second-order valence-electron chi connectivity index (χ2n) is 10.1. The molecule has 1 fully saturated rings. The highest BCUT2D eigenvalue weighted by Crippen LogP contribution is 2.31. The van der Waals surface area contributed by atoms with Crippen LogP contribution in [-0.2, 0) is 13.0 Å². The highest BCUT2D eigenvalue weighted by atomic mass is 16.2. The molecule has 7 heteroatoms. The van der Waals surface area contributed by atoms with Crippen LogP contribution in [0.15, 0.2) is 67.0 Å². The van der Waals surface area contributed by atoms with Crippen LogP contribution in [0.2, 0.25) is 0 Å². The molecule has 188 valence electrons. The lowest BCUT2D eigenvalue weighted by Gasteiger charge is -2.32.